The zero-order valence-electron chi connectivity index (χ0n) is 20.0. The third-order valence-electron chi connectivity index (χ3n) is 9.13. The Hall–Kier alpha value is -1.18. The molecule has 4 fully saturated rings. The summed E-state index contributed by atoms with van der Waals surface area (Å²) < 4.78 is 5.58. The van der Waals surface area contributed by atoms with Gasteiger partial charge in [-0.25, -0.2) is 0 Å². The maximum Gasteiger partial charge on any atom is 0.239 e. The van der Waals surface area contributed by atoms with Crippen LogP contribution in [0.25, 0.3) is 0 Å². The molecule has 1 amide bonds. The van der Waals surface area contributed by atoms with Crippen LogP contribution in [0.3, 0.4) is 0 Å². The first-order valence-electron chi connectivity index (χ1n) is 13.1. The molecule has 7 heteroatoms. The number of amides is 1. The summed E-state index contributed by atoms with van der Waals surface area (Å²) in [4.78, 5) is 18.5. The quantitative estimate of drug-likeness (QED) is 0.411. The second kappa shape index (κ2) is 10.8. The van der Waals surface area contributed by atoms with E-state index in [2.05, 4.69) is 9.80 Å². The van der Waals surface area contributed by atoms with Gasteiger partial charge in [-0.1, -0.05) is 0 Å². The van der Waals surface area contributed by atoms with E-state index in [9.17, 15) is 4.79 Å². The molecular weight excluding hydrogens is 402 g/mol. The van der Waals surface area contributed by atoms with Gasteiger partial charge in [0.15, 0.2) is 0 Å². The molecule has 7 nitrogen and oxygen atoms in total. The molecule has 2 saturated heterocycles. The van der Waals surface area contributed by atoms with Gasteiger partial charge in [0.2, 0.25) is 5.91 Å². The van der Waals surface area contributed by atoms with Crippen molar-refractivity contribution >= 4 is 11.7 Å². The molecule has 4 aliphatic rings. The number of methoxy groups -OCH3 is 1. The Morgan fingerprint density at radius 3 is 2.34 bits per heavy atom. The summed E-state index contributed by atoms with van der Waals surface area (Å²) >= 11 is 0. The third kappa shape index (κ3) is 5.31. The topological polar surface area (TPSA) is 109 Å². The van der Waals surface area contributed by atoms with Crippen molar-refractivity contribution in [3.63, 3.8) is 0 Å². The molecule has 4 rings (SSSR count). The molecule has 182 valence electrons. The summed E-state index contributed by atoms with van der Waals surface area (Å²) in [6.45, 7) is 3.54. The molecule has 2 saturated carbocycles. The molecule has 2 aliphatic heterocycles. The van der Waals surface area contributed by atoms with Gasteiger partial charge in [0.25, 0.3) is 0 Å². The summed E-state index contributed by atoms with van der Waals surface area (Å²) in [5, 5.41) is 8.01. The van der Waals surface area contributed by atoms with E-state index in [1.165, 1.54) is 12.8 Å². The van der Waals surface area contributed by atoms with Gasteiger partial charge in [0.05, 0.1) is 18.0 Å². The van der Waals surface area contributed by atoms with Crippen LogP contribution in [-0.2, 0) is 9.53 Å². The van der Waals surface area contributed by atoms with Crippen LogP contribution in [0.1, 0.15) is 70.6 Å². The highest BCUT2D eigenvalue weighted by molar-refractivity contribution is 5.83. The second-order valence-electron chi connectivity index (χ2n) is 11.0. The number of likely N-dealkylation sites (tertiary alicyclic amines) is 2. The van der Waals surface area contributed by atoms with Crippen LogP contribution in [0.4, 0.5) is 0 Å². The molecule has 0 bridgehead atoms. The van der Waals surface area contributed by atoms with Crippen molar-refractivity contribution in [2.24, 2.45) is 35.1 Å². The Labute approximate surface area is 194 Å². The third-order valence-corrected chi connectivity index (χ3v) is 9.13. The second-order valence-corrected chi connectivity index (χ2v) is 11.0. The molecule has 4 unspecified atom stereocenters. The van der Waals surface area contributed by atoms with E-state index < -0.39 is 0 Å². The van der Waals surface area contributed by atoms with E-state index in [-0.39, 0.29) is 12.0 Å². The minimum atomic E-state index is 0.0157. The van der Waals surface area contributed by atoms with Crippen LogP contribution in [0.15, 0.2) is 0 Å². The summed E-state index contributed by atoms with van der Waals surface area (Å²) in [5.41, 5.74) is 11.7. The zero-order chi connectivity index (χ0) is 22.7. The van der Waals surface area contributed by atoms with Crippen molar-refractivity contribution in [3.8, 4) is 0 Å². The molecule has 0 aromatic rings. The number of rotatable bonds is 7. The van der Waals surface area contributed by atoms with E-state index in [0.717, 1.165) is 84.0 Å². The summed E-state index contributed by atoms with van der Waals surface area (Å²) in [7, 11) is 1.82. The Bertz CT molecular complexity index is 642. The van der Waals surface area contributed by atoms with Gasteiger partial charge in [-0.05, 0) is 94.9 Å². The van der Waals surface area contributed by atoms with Crippen LogP contribution < -0.4 is 11.5 Å². The molecule has 4 atom stereocenters. The van der Waals surface area contributed by atoms with Crippen LogP contribution in [0.5, 0.6) is 0 Å². The number of amidine groups is 1. The lowest BCUT2D eigenvalue weighted by atomic mass is 9.77. The number of nitrogens with one attached hydrogen (secondary N) is 1. The highest BCUT2D eigenvalue weighted by Gasteiger charge is 2.49. The lowest BCUT2D eigenvalue weighted by molar-refractivity contribution is -0.138. The normalized spacial score (nSPS) is 36.8. The van der Waals surface area contributed by atoms with Crippen molar-refractivity contribution in [2.45, 2.75) is 88.8 Å². The standard InChI is InChI=1S/C25H45N5O2/c1-32-21-6-2-18(3-7-21)16-30-22-15-20(24(27)28)5-4-19(22)14-23(30)25(31)29-12-9-17(8-11-26)10-13-29/h17-23H,2-16,26H2,1H3,(H3,27,28). The van der Waals surface area contributed by atoms with Crippen molar-refractivity contribution < 1.29 is 9.53 Å². The van der Waals surface area contributed by atoms with E-state index in [0.29, 0.717) is 41.6 Å². The van der Waals surface area contributed by atoms with Crippen LogP contribution >= 0.6 is 0 Å². The van der Waals surface area contributed by atoms with Crippen molar-refractivity contribution in [2.75, 3.05) is 33.3 Å². The Balaban J connectivity index is 1.44. The number of hydrogen-bond donors (Lipinski definition) is 3. The monoisotopic (exact) mass is 447 g/mol. The minimum Gasteiger partial charge on any atom is -0.387 e. The highest BCUT2D eigenvalue weighted by Crippen LogP contribution is 2.44. The Morgan fingerprint density at radius 1 is 1.00 bits per heavy atom. The number of nitrogens with zero attached hydrogens (tertiary/aromatic N) is 2. The fraction of sp³-hybridized carbons (Fsp3) is 0.920. The first-order valence-corrected chi connectivity index (χ1v) is 13.1. The molecule has 2 heterocycles. The first kappa shape index (κ1) is 24.0. The SMILES string of the molecule is COC1CCC(CN2C(C(=O)N3CCC(CCN)CC3)CC3CCC(C(=N)N)CC32)CC1. The van der Waals surface area contributed by atoms with E-state index in [1.54, 1.807) is 0 Å². The number of hydrogen-bond acceptors (Lipinski definition) is 5. The van der Waals surface area contributed by atoms with Crippen molar-refractivity contribution in [3.05, 3.63) is 0 Å². The molecule has 0 aromatic heterocycles. The predicted molar refractivity (Wildman–Crippen MR) is 127 cm³/mol. The van der Waals surface area contributed by atoms with Gasteiger partial charge in [-0.15, -0.1) is 0 Å². The molecule has 32 heavy (non-hydrogen) atoms. The number of carbonyl (C=O) groups is 1. The largest absolute Gasteiger partial charge is 0.387 e. The van der Waals surface area contributed by atoms with Gasteiger partial charge in [-0.3, -0.25) is 15.1 Å². The average molecular weight is 448 g/mol. The van der Waals surface area contributed by atoms with Crippen LogP contribution in [-0.4, -0.2) is 73.0 Å². The fourth-order valence-corrected chi connectivity index (χ4v) is 7.07. The average Bonchev–Trinajstić information content (AvgIpc) is 3.17. The molecule has 0 aromatic carbocycles. The maximum atomic E-state index is 13.7. The summed E-state index contributed by atoms with van der Waals surface area (Å²) in [5.74, 6) is 2.77. The fourth-order valence-electron chi connectivity index (χ4n) is 7.07. The van der Waals surface area contributed by atoms with Gasteiger partial charge in [-0.2, -0.15) is 0 Å². The molecule has 0 spiro atoms. The van der Waals surface area contributed by atoms with Crippen LogP contribution in [0, 0.1) is 29.1 Å². The van der Waals surface area contributed by atoms with Gasteiger partial charge in [0.1, 0.15) is 0 Å². The molecule has 2 aliphatic carbocycles. The number of carbonyl (C=O) groups excluding carboxylic acids is 1. The van der Waals surface area contributed by atoms with Gasteiger partial charge >= 0.3 is 0 Å². The minimum absolute atomic E-state index is 0.0157. The molecular formula is C25H45N5O2. The van der Waals surface area contributed by atoms with Gasteiger partial charge < -0.3 is 21.1 Å². The zero-order valence-corrected chi connectivity index (χ0v) is 20.0. The lowest BCUT2D eigenvalue weighted by Gasteiger charge is -2.41. The first-order chi connectivity index (χ1) is 15.5. The van der Waals surface area contributed by atoms with E-state index >= 15 is 0 Å². The Morgan fingerprint density at radius 2 is 1.72 bits per heavy atom. The Kier molecular flexibility index (Phi) is 8.11. The van der Waals surface area contributed by atoms with E-state index in [4.69, 9.17) is 21.6 Å². The molecule has 0 radical (unpaired) electrons. The lowest BCUT2D eigenvalue weighted by Crippen LogP contribution is -2.52. The summed E-state index contributed by atoms with van der Waals surface area (Å²) in [6, 6.07) is 0.420. The number of nitrogens with two attached hydrogens (primary N) is 2. The maximum absolute atomic E-state index is 13.7. The number of ether oxygens (including phenoxy) is 1. The smallest absolute Gasteiger partial charge is 0.239 e. The number of piperidine rings is 1. The van der Waals surface area contributed by atoms with Crippen molar-refractivity contribution in [1.82, 2.24) is 9.80 Å². The highest BCUT2D eigenvalue weighted by atomic mass is 16.5. The van der Waals surface area contributed by atoms with E-state index in [1.807, 2.05) is 7.11 Å². The van der Waals surface area contributed by atoms with Crippen molar-refractivity contribution in [1.29, 1.82) is 5.41 Å². The van der Waals surface area contributed by atoms with Crippen LogP contribution in [0.2, 0.25) is 0 Å². The number of fused-ring (bicyclic) bond motifs is 1. The summed E-state index contributed by atoms with van der Waals surface area (Å²) in [6.07, 6.45) is 12.4. The van der Waals surface area contributed by atoms with Gasteiger partial charge in [0, 0.05) is 38.7 Å². The molecule has 5 N–H and O–H groups in total. The predicted octanol–water partition coefficient (Wildman–Crippen LogP) is 2.57.